The summed E-state index contributed by atoms with van der Waals surface area (Å²) in [5, 5.41) is 9.61. The minimum atomic E-state index is -0.416. The van der Waals surface area contributed by atoms with E-state index in [1.807, 2.05) is 13.0 Å². The third kappa shape index (κ3) is 3.49. The molecule has 6 heteroatoms. The third-order valence-corrected chi connectivity index (χ3v) is 9.15. The van der Waals surface area contributed by atoms with Gasteiger partial charge >= 0.3 is 0 Å². The number of benzene rings is 1. The quantitative estimate of drug-likeness (QED) is 0.399. The van der Waals surface area contributed by atoms with Crippen LogP contribution in [0.1, 0.15) is 50.4 Å². The molecule has 33 heavy (non-hydrogen) atoms. The fraction of sp³-hybridized carbons (Fsp3) is 0.481. The Labute approximate surface area is 202 Å². The molecule has 5 nitrogen and oxygen atoms in total. The van der Waals surface area contributed by atoms with E-state index in [4.69, 9.17) is 4.74 Å². The lowest BCUT2D eigenvalue weighted by molar-refractivity contribution is -0.0461. The molecule has 0 spiro atoms. The number of phenolic OH excluding ortho intramolecular Hbond substituents is 1. The minimum absolute atomic E-state index is 0.0377. The highest BCUT2D eigenvalue weighted by Crippen LogP contribution is 2.58. The number of aromatic nitrogens is 1. The summed E-state index contributed by atoms with van der Waals surface area (Å²) in [7, 11) is 0. The number of aromatic amines is 1. The normalized spacial score (nSPS) is 35.5. The molecule has 2 heterocycles. The van der Waals surface area contributed by atoms with Crippen LogP contribution in [-0.4, -0.2) is 26.3 Å². The highest BCUT2D eigenvalue weighted by atomic mass is 79.9. The summed E-state index contributed by atoms with van der Waals surface area (Å²) in [6.45, 7) is 6.45. The number of allylic oxidation sites excluding steroid dienone is 2. The van der Waals surface area contributed by atoms with Gasteiger partial charge in [-0.15, -0.1) is 0 Å². The van der Waals surface area contributed by atoms with Gasteiger partial charge in [0.1, 0.15) is 17.4 Å². The molecule has 2 saturated carbocycles. The van der Waals surface area contributed by atoms with Crippen molar-refractivity contribution in [2.24, 2.45) is 29.6 Å². The van der Waals surface area contributed by atoms with Crippen LogP contribution < -0.4 is 10.2 Å². The second-order valence-corrected chi connectivity index (χ2v) is 11.9. The Kier molecular flexibility index (Phi) is 5.55. The average molecular weight is 512 g/mol. The van der Waals surface area contributed by atoms with E-state index >= 15 is 0 Å². The maximum absolute atomic E-state index is 14.0. The van der Waals surface area contributed by atoms with Crippen molar-refractivity contribution < 1.29 is 14.6 Å². The number of carbonyl (C=O) groups is 1. The van der Waals surface area contributed by atoms with E-state index in [0.29, 0.717) is 28.9 Å². The van der Waals surface area contributed by atoms with E-state index in [2.05, 4.69) is 40.8 Å². The molecule has 0 saturated heterocycles. The topological polar surface area (TPSA) is 79.4 Å². The zero-order chi connectivity index (χ0) is 23.5. The molecule has 1 aliphatic heterocycles. The fourth-order valence-electron chi connectivity index (χ4n) is 6.55. The molecule has 3 aliphatic rings. The van der Waals surface area contributed by atoms with Crippen LogP contribution in [0.4, 0.5) is 0 Å². The molecule has 1 aromatic carbocycles. The van der Waals surface area contributed by atoms with Crippen molar-refractivity contribution in [3.8, 4) is 22.8 Å². The van der Waals surface area contributed by atoms with Gasteiger partial charge in [-0.1, -0.05) is 53.6 Å². The van der Waals surface area contributed by atoms with E-state index in [0.717, 1.165) is 12.8 Å². The van der Waals surface area contributed by atoms with E-state index in [1.54, 1.807) is 18.3 Å². The van der Waals surface area contributed by atoms with Gasteiger partial charge in [-0.25, -0.2) is 0 Å². The molecule has 0 radical (unpaired) electrons. The minimum Gasteiger partial charge on any atom is -0.508 e. The number of halogens is 1. The van der Waals surface area contributed by atoms with Crippen LogP contribution in [0.2, 0.25) is 0 Å². The van der Waals surface area contributed by atoms with Crippen molar-refractivity contribution in [1.29, 1.82) is 0 Å². The number of nitrogens with one attached hydrogen (secondary N) is 1. The van der Waals surface area contributed by atoms with E-state index < -0.39 is 5.92 Å². The zero-order valence-electron chi connectivity index (χ0n) is 19.2. The van der Waals surface area contributed by atoms with Crippen molar-refractivity contribution in [2.75, 3.05) is 0 Å². The molecule has 1 aromatic heterocycles. The number of H-pyrrole nitrogens is 1. The Hall–Kier alpha value is -2.34. The van der Waals surface area contributed by atoms with Gasteiger partial charge in [0.15, 0.2) is 5.78 Å². The summed E-state index contributed by atoms with van der Waals surface area (Å²) in [5.74, 6) is 1.26. The molecule has 2 N–H and O–H groups in total. The van der Waals surface area contributed by atoms with Crippen LogP contribution in [0.15, 0.2) is 47.4 Å². The average Bonchev–Trinajstić information content (AvgIpc) is 2.77. The highest BCUT2D eigenvalue weighted by molar-refractivity contribution is 9.10. The predicted octanol–water partition coefficient (Wildman–Crippen LogP) is 5.72. The molecular formula is C27H30BrNO4. The van der Waals surface area contributed by atoms with Gasteiger partial charge in [0.25, 0.3) is 0 Å². The largest absolute Gasteiger partial charge is 0.508 e. The lowest BCUT2D eigenvalue weighted by Crippen LogP contribution is -2.63. The molecule has 174 valence electrons. The number of aromatic hydroxyl groups is 1. The number of rotatable bonds is 2. The Balaban J connectivity index is 1.64. The van der Waals surface area contributed by atoms with E-state index in [1.165, 1.54) is 18.6 Å². The first-order valence-electron chi connectivity index (χ1n) is 11.8. The number of hydrogen-bond acceptors (Lipinski definition) is 4. The summed E-state index contributed by atoms with van der Waals surface area (Å²) in [6, 6.07) is 6.42. The molecule has 0 bridgehead atoms. The number of alkyl halides is 1. The summed E-state index contributed by atoms with van der Waals surface area (Å²) in [6.07, 6.45) is 8.81. The first-order chi connectivity index (χ1) is 15.7. The number of fused-ring (bicyclic) bond motifs is 3. The number of carbonyl (C=O) groups excluding carboxylic acids is 1. The van der Waals surface area contributed by atoms with Gasteiger partial charge in [-0.05, 0) is 68.1 Å². The van der Waals surface area contributed by atoms with Crippen molar-refractivity contribution >= 4 is 21.7 Å². The van der Waals surface area contributed by atoms with Crippen molar-refractivity contribution in [1.82, 2.24) is 4.98 Å². The molecule has 0 amide bonds. The van der Waals surface area contributed by atoms with Crippen molar-refractivity contribution in [2.45, 2.75) is 50.5 Å². The first-order valence-corrected chi connectivity index (χ1v) is 12.6. The van der Waals surface area contributed by atoms with Gasteiger partial charge in [-0.3, -0.25) is 9.59 Å². The molecule has 5 rings (SSSR count). The van der Waals surface area contributed by atoms with Gasteiger partial charge in [0.05, 0.1) is 10.2 Å². The highest BCUT2D eigenvalue weighted by Gasteiger charge is 2.61. The lowest BCUT2D eigenvalue weighted by Gasteiger charge is -2.57. The molecular weight excluding hydrogens is 482 g/mol. The number of pyridine rings is 1. The molecule has 7 atom stereocenters. The summed E-state index contributed by atoms with van der Waals surface area (Å²) in [4.78, 5) is 30.7. The third-order valence-electron chi connectivity index (χ3n) is 8.11. The van der Waals surface area contributed by atoms with Crippen LogP contribution in [-0.2, 0) is 0 Å². The lowest BCUT2D eigenvalue weighted by atomic mass is 9.53. The Bertz CT molecular complexity index is 1170. The van der Waals surface area contributed by atoms with Gasteiger partial charge < -0.3 is 14.8 Å². The SMILES string of the molecule is C/C=C/[C@@H]1[C@H]2C[C@@H](C)CC[C@@H]2[C@](C)(Br)[C@H]2Oc3[nH]cc(-c4ccc(O)cc4)c(=O)c3C(=O)[C@@H]12. The van der Waals surface area contributed by atoms with Crippen LogP contribution in [0.25, 0.3) is 11.1 Å². The van der Waals surface area contributed by atoms with E-state index in [9.17, 15) is 14.7 Å². The second kappa shape index (κ2) is 8.15. The number of Topliss-reactive ketones (excluding diaryl/α,β-unsaturated/α-hetero) is 1. The smallest absolute Gasteiger partial charge is 0.206 e. The van der Waals surface area contributed by atoms with Crippen molar-refractivity contribution in [3.63, 3.8) is 0 Å². The number of phenols is 1. The van der Waals surface area contributed by atoms with Crippen molar-refractivity contribution in [3.05, 3.63) is 58.4 Å². The summed E-state index contributed by atoms with van der Waals surface area (Å²) >= 11 is 4.01. The molecule has 2 aliphatic carbocycles. The maximum atomic E-state index is 14.0. The van der Waals surface area contributed by atoms with Crippen LogP contribution in [0, 0.1) is 29.6 Å². The summed E-state index contributed by atoms with van der Waals surface area (Å²) in [5.41, 5.74) is 0.828. The van der Waals surface area contributed by atoms with Gasteiger partial charge in [0.2, 0.25) is 11.3 Å². The van der Waals surface area contributed by atoms with Crippen LogP contribution >= 0.6 is 15.9 Å². The second-order valence-electron chi connectivity index (χ2n) is 10.2. The standard InChI is InChI=1S/C27H30BrNO4/c1-4-5-17-18-12-14(2)6-11-20(18)27(3,28)25-21(17)24(32)22-23(31)19(13-29-26(22)33-25)15-7-9-16(30)10-8-15/h4-5,7-10,13-14,17-18,20-21,25,30H,6,11-12H2,1-3H3,(H,29,31)/b5-4+/t14-,17+,18+,20-,21+,25-,27-/m0/s1. The van der Waals surface area contributed by atoms with Gasteiger partial charge in [0, 0.05) is 11.8 Å². The molecule has 0 unspecified atom stereocenters. The molecule has 2 aromatic rings. The summed E-state index contributed by atoms with van der Waals surface area (Å²) < 4.78 is 6.11. The zero-order valence-corrected chi connectivity index (χ0v) is 20.8. The Morgan fingerprint density at radius 3 is 2.64 bits per heavy atom. The maximum Gasteiger partial charge on any atom is 0.206 e. The Morgan fingerprint density at radius 2 is 1.94 bits per heavy atom. The number of hydrogen-bond donors (Lipinski definition) is 2. The van der Waals surface area contributed by atoms with Crippen LogP contribution in [0.5, 0.6) is 11.6 Å². The number of ketones is 1. The van der Waals surface area contributed by atoms with Gasteiger partial charge in [-0.2, -0.15) is 0 Å². The Morgan fingerprint density at radius 1 is 1.21 bits per heavy atom. The molecule has 2 fully saturated rings. The number of ether oxygens (including phenoxy) is 1. The monoisotopic (exact) mass is 511 g/mol. The first kappa shape index (κ1) is 22.5. The van der Waals surface area contributed by atoms with Crippen LogP contribution in [0.3, 0.4) is 0 Å². The fourth-order valence-corrected chi connectivity index (χ4v) is 7.49. The predicted molar refractivity (Wildman–Crippen MR) is 132 cm³/mol. The van der Waals surface area contributed by atoms with E-state index in [-0.39, 0.29) is 44.8 Å².